The molecule has 3 aromatic carbocycles. The van der Waals surface area contributed by atoms with E-state index >= 15 is 0 Å². The van der Waals surface area contributed by atoms with Crippen LogP contribution in [-0.4, -0.2) is 23.0 Å². The number of hydrogen-bond acceptors (Lipinski definition) is 5. The summed E-state index contributed by atoms with van der Waals surface area (Å²) in [5.74, 6) is 1.61. The fraction of sp³-hybridized carbons (Fsp3) is 0.192. The molecule has 0 aliphatic rings. The lowest BCUT2D eigenvalue weighted by Crippen LogP contribution is -2.22. The maximum absolute atomic E-state index is 13.3. The van der Waals surface area contributed by atoms with Crippen molar-refractivity contribution in [1.29, 1.82) is 0 Å². The van der Waals surface area contributed by atoms with E-state index in [2.05, 4.69) is 57.9 Å². The van der Waals surface area contributed by atoms with Crippen molar-refractivity contribution in [2.24, 2.45) is 5.10 Å². The predicted octanol–water partition coefficient (Wildman–Crippen LogP) is 7.76. The van der Waals surface area contributed by atoms with Crippen molar-refractivity contribution in [2.75, 3.05) is 7.11 Å². The van der Waals surface area contributed by atoms with Gasteiger partial charge in [0.25, 0.3) is 5.56 Å². The predicted molar refractivity (Wildman–Crippen MR) is 155 cm³/mol. The Balaban J connectivity index is 1.73. The molecule has 10 heteroatoms. The Kier molecular flexibility index (Phi) is 8.87. The maximum Gasteiger partial charge on any atom is 0.282 e. The third-order valence-corrected chi connectivity index (χ3v) is 8.37. The molecule has 186 valence electrons. The van der Waals surface area contributed by atoms with Crippen LogP contribution in [0.1, 0.15) is 30.3 Å². The van der Waals surface area contributed by atoms with E-state index in [0.29, 0.717) is 54.2 Å². The van der Waals surface area contributed by atoms with Gasteiger partial charge in [-0.3, -0.25) is 4.79 Å². The van der Waals surface area contributed by atoms with Crippen molar-refractivity contribution < 1.29 is 9.47 Å². The summed E-state index contributed by atoms with van der Waals surface area (Å²) in [5.41, 5.74) is 1.95. The molecule has 0 saturated heterocycles. The summed E-state index contributed by atoms with van der Waals surface area (Å²) in [7, 11) is 1.56. The van der Waals surface area contributed by atoms with Crippen molar-refractivity contribution in [2.45, 2.75) is 26.4 Å². The molecule has 0 spiro atoms. The van der Waals surface area contributed by atoms with E-state index in [-0.39, 0.29) is 12.2 Å². The Morgan fingerprint density at radius 2 is 1.89 bits per heavy atom. The van der Waals surface area contributed by atoms with Crippen LogP contribution in [0.5, 0.6) is 11.5 Å². The quantitative estimate of drug-likeness (QED) is 0.177. The zero-order valence-electron chi connectivity index (χ0n) is 19.4. The first-order valence-corrected chi connectivity index (χ1v) is 13.8. The van der Waals surface area contributed by atoms with Gasteiger partial charge in [-0.25, -0.2) is 4.98 Å². The van der Waals surface area contributed by atoms with Gasteiger partial charge in [0.2, 0.25) is 0 Å². The van der Waals surface area contributed by atoms with Gasteiger partial charge in [-0.05, 0) is 68.6 Å². The van der Waals surface area contributed by atoms with E-state index in [1.165, 1.54) is 4.68 Å². The summed E-state index contributed by atoms with van der Waals surface area (Å²) in [5, 5.41) is 5.64. The molecule has 0 aliphatic carbocycles. The minimum Gasteiger partial charge on any atom is -0.493 e. The highest BCUT2D eigenvalue weighted by atomic mass is 79.9. The number of aromatic nitrogens is 2. The summed E-state index contributed by atoms with van der Waals surface area (Å²) in [6.07, 6.45) is 3.04. The van der Waals surface area contributed by atoms with Crippen molar-refractivity contribution >= 4 is 76.5 Å². The Hall–Kier alpha value is -2.20. The summed E-state index contributed by atoms with van der Waals surface area (Å²) in [4.78, 5) is 18.0. The van der Waals surface area contributed by atoms with Crippen LogP contribution in [0.15, 0.2) is 71.8 Å². The highest BCUT2D eigenvalue weighted by Crippen LogP contribution is 2.42. The monoisotopic (exact) mass is 695 g/mol. The SMILES string of the molecule is CCCc1nc2ccc(Br)cc2c(=O)n1N=Cc1cc(OC)c(OCc2ccccc2Cl)c(Br)c1Br. The average molecular weight is 699 g/mol. The third kappa shape index (κ3) is 5.69. The molecular formula is C26H21Br3ClN3O3. The first-order valence-electron chi connectivity index (χ1n) is 11.0. The Bertz CT molecular complexity index is 1520. The van der Waals surface area contributed by atoms with Crippen LogP contribution in [0.2, 0.25) is 5.02 Å². The molecule has 0 radical (unpaired) electrons. The van der Waals surface area contributed by atoms with Gasteiger partial charge in [0.15, 0.2) is 11.5 Å². The van der Waals surface area contributed by atoms with Gasteiger partial charge in [-0.2, -0.15) is 9.78 Å². The zero-order valence-corrected chi connectivity index (χ0v) is 24.9. The smallest absolute Gasteiger partial charge is 0.282 e. The number of methoxy groups -OCH3 is 1. The molecule has 1 heterocycles. The van der Waals surface area contributed by atoms with Crippen LogP contribution in [-0.2, 0) is 13.0 Å². The molecule has 0 bridgehead atoms. The minimum absolute atomic E-state index is 0.233. The van der Waals surface area contributed by atoms with Gasteiger partial charge in [0.1, 0.15) is 12.4 Å². The van der Waals surface area contributed by atoms with Crippen LogP contribution in [0.4, 0.5) is 0 Å². The van der Waals surface area contributed by atoms with Gasteiger partial charge < -0.3 is 9.47 Å². The molecule has 1 aromatic heterocycles. The lowest BCUT2D eigenvalue weighted by atomic mass is 10.2. The maximum atomic E-state index is 13.3. The van der Waals surface area contributed by atoms with E-state index in [1.54, 1.807) is 25.5 Å². The normalized spacial score (nSPS) is 11.4. The number of benzene rings is 3. The summed E-state index contributed by atoms with van der Waals surface area (Å²) in [6, 6.07) is 14.7. The second-order valence-corrected chi connectivity index (χ2v) is 10.7. The topological polar surface area (TPSA) is 65.7 Å². The molecule has 0 fully saturated rings. The van der Waals surface area contributed by atoms with Crippen molar-refractivity contribution in [1.82, 2.24) is 9.66 Å². The number of nitrogens with zero attached hydrogens (tertiary/aromatic N) is 3. The fourth-order valence-corrected chi connectivity index (χ4v) is 5.06. The summed E-state index contributed by atoms with van der Waals surface area (Å²) < 4.78 is 15.1. The van der Waals surface area contributed by atoms with E-state index in [0.717, 1.165) is 16.5 Å². The second kappa shape index (κ2) is 11.9. The van der Waals surface area contributed by atoms with E-state index in [9.17, 15) is 4.79 Å². The Morgan fingerprint density at radius 1 is 1.11 bits per heavy atom. The van der Waals surface area contributed by atoms with E-state index < -0.39 is 0 Å². The van der Waals surface area contributed by atoms with Crippen molar-refractivity contribution in [3.63, 3.8) is 0 Å². The Morgan fingerprint density at radius 3 is 2.61 bits per heavy atom. The number of rotatable bonds is 8. The molecular weight excluding hydrogens is 677 g/mol. The van der Waals surface area contributed by atoms with E-state index in [1.807, 2.05) is 43.3 Å². The fourth-order valence-electron chi connectivity index (χ4n) is 3.57. The van der Waals surface area contributed by atoms with Crippen LogP contribution < -0.4 is 15.0 Å². The molecule has 4 rings (SSSR count). The highest BCUT2D eigenvalue weighted by molar-refractivity contribution is 9.13. The van der Waals surface area contributed by atoms with Crippen LogP contribution in [0.3, 0.4) is 0 Å². The zero-order chi connectivity index (χ0) is 25.8. The first-order chi connectivity index (χ1) is 17.3. The average Bonchev–Trinajstić information content (AvgIpc) is 2.87. The van der Waals surface area contributed by atoms with Gasteiger partial charge in [0, 0.05) is 31.5 Å². The lowest BCUT2D eigenvalue weighted by molar-refractivity contribution is 0.282. The Labute approximate surface area is 238 Å². The number of halogens is 4. The number of hydrogen-bond donors (Lipinski definition) is 0. The number of ether oxygens (including phenoxy) is 2. The lowest BCUT2D eigenvalue weighted by Gasteiger charge is -2.16. The molecule has 36 heavy (non-hydrogen) atoms. The van der Waals surface area contributed by atoms with Crippen LogP contribution in [0.25, 0.3) is 10.9 Å². The standard InChI is InChI=1S/C26H21Br3ClN3O3/c1-3-6-22-32-20-10-9-17(27)12-18(20)26(34)33(22)31-13-16-11-21(35-2)25(24(29)23(16)28)36-14-15-7-4-5-8-19(15)30/h4-5,7-13H,3,6,14H2,1-2H3. The van der Waals surface area contributed by atoms with Gasteiger partial charge in [0.05, 0.1) is 28.7 Å². The molecule has 0 unspecified atom stereocenters. The second-order valence-electron chi connectivity index (χ2n) is 7.81. The van der Waals surface area contributed by atoms with Crippen molar-refractivity contribution in [3.8, 4) is 11.5 Å². The number of aryl methyl sites for hydroxylation is 1. The first kappa shape index (κ1) is 26.9. The highest BCUT2D eigenvalue weighted by Gasteiger charge is 2.18. The molecule has 0 amide bonds. The molecule has 6 nitrogen and oxygen atoms in total. The van der Waals surface area contributed by atoms with Crippen LogP contribution >= 0.6 is 59.4 Å². The summed E-state index contributed by atoms with van der Waals surface area (Å²) >= 11 is 16.9. The molecule has 0 atom stereocenters. The molecule has 4 aromatic rings. The van der Waals surface area contributed by atoms with Crippen LogP contribution in [0, 0.1) is 0 Å². The molecule has 0 saturated carbocycles. The molecule has 0 N–H and O–H groups in total. The van der Waals surface area contributed by atoms with Gasteiger partial charge in [-0.1, -0.05) is 52.7 Å². The third-order valence-electron chi connectivity index (χ3n) is 5.37. The van der Waals surface area contributed by atoms with Crippen molar-refractivity contribution in [3.05, 3.63) is 94.3 Å². The minimum atomic E-state index is -0.233. The van der Waals surface area contributed by atoms with Gasteiger partial charge >= 0.3 is 0 Å². The summed E-state index contributed by atoms with van der Waals surface area (Å²) in [6.45, 7) is 2.30. The number of fused-ring (bicyclic) bond motifs is 1. The molecule has 0 aliphatic heterocycles. The van der Waals surface area contributed by atoms with Gasteiger partial charge in [-0.15, -0.1) is 0 Å². The van der Waals surface area contributed by atoms with E-state index in [4.69, 9.17) is 21.1 Å². The largest absolute Gasteiger partial charge is 0.493 e.